The Morgan fingerprint density at radius 2 is 1.22 bits per heavy atom. The molecule has 18 heavy (non-hydrogen) atoms. The third kappa shape index (κ3) is 9.94. The molecule has 0 radical (unpaired) electrons. The van der Waals surface area contributed by atoms with Crippen LogP contribution in [0.4, 0.5) is 0 Å². The second-order valence-electron chi connectivity index (χ2n) is 5.79. The average Bonchev–Trinajstić information content (AvgIpc) is 2.38. The first kappa shape index (κ1) is 18.0. The number of nitrogens with one attached hydrogen (secondary N) is 1. The summed E-state index contributed by atoms with van der Waals surface area (Å²) in [5.41, 5.74) is 0. The number of unbranched alkanes of at least 4 members (excludes halogenated alkanes) is 7. The van der Waals surface area contributed by atoms with Crippen molar-refractivity contribution < 1.29 is 0 Å². The molecule has 0 aromatic rings. The summed E-state index contributed by atoms with van der Waals surface area (Å²) in [4.78, 5) is 0. The van der Waals surface area contributed by atoms with Crippen molar-refractivity contribution in [2.75, 3.05) is 6.54 Å². The zero-order valence-corrected chi connectivity index (χ0v) is 13.4. The van der Waals surface area contributed by atoms with Gasteiger partial charge in [0, 0.05) is 6.04 Å². The summed E-state index contributed by atoms with van der Waals surface area (Å²) in [6, 6.07) is 0.699. The normalized spacial score (nSPS) is 13.2. The van der Waals surface area contributed by atoms with E-state index in [0.29, 0.717) is 6.04 Å². The lowest BCUT2D eigenvalue weighted by atomic mass is 9.95. The van der Waals surface area contributed by atoms with E-state index < -0.39 is 0 Å². The van der Waals surface area contributed by atoms with Crippen LogP contribution in [0.15, 0.2) is 0 Å². The molecule has 0 aromatic carbocycles. The van der Waals surface area contributed by atoms with E-state index in [2.05, 4.69) is 33.0 Å². The van der Waals surface area contributed by atoms with Crippen molar-refractivity contribution >= 4 is 0 Å². The van der Waals surface area contributed by atoms with Crippen LogP contribution >= 0.6 is 0 Å². The van der Waals surface area contributed by atoms with E-state index in [1.807, 2.05) is 0 Å². The molecule has 0 saturated heterocycles. The molecule has 0 spiro atoms. The van der Waals surface area contributed by atoms with E-state index in [4.69, 9.17) is 0 Å². The minimum Gasteiger partial charge on any atom is -0.314 e. The Morgan fingerprint density at radius 3 is 1.72 bits per heavy atom. The first-order valence-corrected chi connectivity index (χ1v) is 8.49. The van der Waals surface area contributed by atoms with E-state index in [9.17, 15) is 0 Å². The van der Waals surface area contributed by atoms with Gasteiger partial charge in [0.1, 0.15) is 0 Å². The standard InChI is InChI=1S/C17H37N/c1-5-8-9-10-11-12-13-14-15-18-16(4)17(6-2)7-3/h16-18H,5-15H2,1-4H3. The van der Waals surface area contributed by atoms with Crippen molar-refractivity contribution in [1.82, 2.24) is 5.32 Å². The van der Waals surface area contributed by atoms with E-state index in [1.165, 1.54) is 70.8 Å². The fourth-order valence-electron chi connectivity index (χ4n) is 2.75. The molecular weight excluding hydrogens is 218 g/mol. The van der Waals surface area contributed by atoms with Gasteiger partial charge in [0.2, 0.25) is 0 Å². The fraction of sp³-hybridized carbons (Fsp3) is 1.00. The first-order valence-electron chi connectivity index (χ1n) is 8.49. The lowest BCUT2D eigenvalue weighted by molar-refractivity contribution is 0.351. The molecule has 1 nitrogen and oxygen atoms in total. The molecule has 0 aromatic heterocycles. The first-order chi connectivity index (χ1) is 8.76. The Labute approximate surface area is 116 Å². The zero-order chi connectivity index (χ0) is 13.6. The lowest BCUT2D eigenvalue weighted by Crippen LogP contribution is -2.33. The lowest BCUT2D eigenvalue weighted by Gasteiger charge is -2.22. The average molecular weight is 255 g/mol. The molecule has 1 heteroatoms. The molecule has 0 aliphatic heterocycles. The van der Waals surface area contributed by atoms with Crippen molar-refractivity contribution in [3.8, 4) is 0 Å². The van der Waals surface area contributed by atoms with Crippen molar-refractivity contribution in [1.29, 1.82) is 0 Å². The van der Waals surface area contributed by atoms with E-state index >= 15 is 0 Å². The summed E-state index contributed by atoms with van der Waals surface area (Å²) < 4.78 is 0. The van der Waals surface area contributed by atoms with Gasteiger partial charge in [0.25, 0.3) is 0 Å². The van der Waals surface area contributed by atoms with Gasteiger partial charge < -0.3 is 5.32 Å². The minimum atomic E-state index is 0.699. The highest BCUT2D eigenvalue weighted by Crippen LogP contribution is 2.13. The smallest absolute Gasteiger partial charge is 0.00667 e. The van der Waals surface area contributed by atoms with Gasteiger partial charge in [0.05, 0.1) is 0 Å². The molecule has 1 unspecified atom stereocenters. The maximum atomic E-state index is 3.70. The SMILES string of the molecule is CCCCCCCCCCNC(C)C(CC)CC. The van der Waals surface area contributed by atoms with E-state index in [0.717, 1.165) is 5.92 Å². The molecule has 0 heterocycles. The number of hydrogen-bond donors (Lipinski definition) is 1. The van der Waals surface area contributed by atoms with E-state index in [-0.39, 0.29) is 0 Å². The van der Waals surface area contributed by atoms with Crippen molar-refractivity contribution in [2.45, 2.75) is 97.9 Å². The molecule has 0 rings (SSSR count). The molecule has 1 N–H and O–H groups in total. The molecule has 0 fully saturated rings. The minimum absolute atomic E-state index is 0.699. The summed E-state index contributed by atoms with van der Waals surface area (Å²) in [7, 11) is 0. The quantitative estimate of drug-likeness (QED) is 0.426. The van der Waals surface area contributed by atoms with Crippen LogP contribution < -0.4 is 5.32 Å². The Kier molecular flexibility index (Phi) is 13.4. The predicted molar refractivity (Wildman–Crippen MR) is 84.1 cm³/mol. The molecule has 0 saturated carbocycles. The highest BCUT2D eigenvalue weighted by Gasteiger charge is 2.11. The zero-order valence-electron chi connectivity index (χ0n) is 13.4. The van der Waals surface area contributed by atoms with Crippen LogP contribution in [0.1, 0.15) is 91.9 Å². The largest absolute Gasteiger partial charge is 0.314 e. The molecule has 1 atom stereocenters. The Hall–Kier alpha value is -0.0400. The van der Waals surface area contributed by atoms with Gasteiger partial charge in [-0.25, -0.2) is 0 Å². The molecule has 0 amide bonds. The summed E-state index contributed by atoms with van der Waals surface area (Å²) in [5.74, 6) is 0.860. The number of hydrogen-bond acceptors (Lipinski definition) is 1. The molecule has 0 aliphatic rings. The highest BCUT2D eigenvalue weighted by molar-refractivity contribution is 4.69. The third-order valence-corrected chi connectivity index (χ3v) is 4.25. The van der Waals surface area contributed by atoms with Crippen LogP contribution in [0, 0.1) is 5.92 Å². The maximum Gasteiger partial charge on any atom is 0.00667 e. The molecule has 0 aliphatic carbocycles. The van der Waals surface area contributed by atoms with Crippen LogP contribution in [-0.4, -0.2) is 12.6 Å². The van der Waals surface area contributed by atoms with Gasteiger partial charge in [-0.15, -0.1) is 0 Å². The monoisotopic (exact) mass is 255 g/mol. The van der Waals surface area contributed by atoms with Gasteiger partial charge in [-0.3, -0.25) is 0 Å². The van der Waals surface area contributed by atoms with Gasteiger partial charge >= 0.3 is 0 Å². The Bertz CT molecular complexity index is 152. The second-order valence-corrected chi connectivity index (χ2v) is 5.79. The van der Waals surface area contributed by atoms with Crippen molar-refractivity contribution in [3.63, 3.8) is 0 Å². The second kappa shape index (κ2) is 13.4. The van der Waals surface area contributed by atoms with Crippen LogP contribution in [0.5, 0.6) is 0 Å². The number of rotatable bonds is 13. The van der Waals surface area contributed by atoms with Gasteiger partial charge in [0.15, 0.2) is 0 Å². The molecular formula is C17H37N. The molecule has 110 valence electrons. The van der Waals surface area contributed by atoms with Crippen molar-refractivity contribution in [2.24, 2.45) is 5.92 Å². The van der Waals surface area contributed by atoms with Gasteiger partial charge in [-0.1, -0.05) is 78.6 Å². The topological polar surface area (TPSA) is 12.0 Å². The predicted octanol–water partition coefficient (Wildman–Crippen LogP) is 5.54. The van der Waals surface area contributed by atoms with Crippen LogP contribution in [0.25, 0.3) is 0 Å². The van der Waals surface area contributed by atoms with Crippen LogP contribution in [0.3, 0.4) is 0 Å². The maximum absolute atomic E-state index is 3.70. The van der Waals surface area contributed by atoms with E-state index in [1.54, 1.807) is 0 Å². The fourth-order valence-corrected chi connectivity index (χ4v) is 2.75. The Morgan fingerprint density at radius 1 is 0.722 bits per heavy atom. The third-order valence-electron chi connectivity index (χ3n) is 4.25. The van der Waals surface area contributed by atoms with Crippen LogP contribution in [0.2, 0.25) is 0 Å². The Balaban J connectivity index is 3.24. The van der Waals surface area contributed by atoms with Gasteiger partial charge in [-0.2, -0.15) is 0 Å². The highest BCUT2D eigenvalue weighted by atomic mass is 14.9. The molecule has 0 bridgehead atoms. The summed E-state index contributed by atoms with van der Waals surface area (Å²) in [6.45, 7) is 10.5. The summed E-state index contributed by atoms with van der Waals surface area (Å²) in [6.07, 6.45) is 13.9. The van der Waals surface area contributed by atoms with Crippen LogP contribution in [-0.2, 0) is 0 Å². The van der Waals surface area contributed by atoms with Crippen molar-refractivity contribution in [3.05, 3.63) is 0 Å². The summed E-state index contributed by atoms with van der Waals surface area (Å²) >= 11 is 0. The van der Waals surface area contributed by atoms with Gasteiger partial charge in [-0.05, 0) is 25.8 Å². The summed E-state index contributed by atoms with van der Waals surface area (Å²) in [5, 5.41) is 3.70.